The molecule has 4 nitrogen and oxygen atoms in total. The van der Waals surface area contributed by atoms with Crippen molar-refractivity contribution in [3.63, 3.8) is 0 Å². The van der Waals surface area contributed by atoms with Crippen LogP contribution in [0.25, 0.3) is 0 Å². The molecule has 0 aliphatic carbocycles. The maximum absolute atomic E-state index is 12.7. The lowest BCUT2D eigenvalue weighted by Gasteiger charge is -2.10. The molecule has 3 aromatic rings. The Kier molecular flexibility index (Phi) is 4.24. The van der Waals surface area contributed by atoms with Crippen molar-refractivity contribution in [1.82, 2.24) is 8.96 Å². The first kappa shape index (κ1) is 16.0. The molecule has 0 aliphatic rings. The highest BCUT2D eigenvalue weighted by molar-refractivity contribution is 7.90. The first-order chi connectivity index (χ1) is 11.5. The van der Waals surface area contributed by atoms with Crippen LogP contribution in [-0.2, 0) is 10.0 Å². The van der Waals surface area contributed by atoms with E-state index in [1.807, 2.05) is 18.2 Å². The van der Waals surface area contributed by atoms with Crippen LogP contribution >= 0.6 is 0 Å². The summed E-state index contributed by atoms with van der Waals surface area (Å²) >= 11 is 0. The monoisotopic (exact) mass is 336 g/mol. The lowest BCUT2D eigenvalue weighted by Crippen LogP contribution is -2.15. The molecular weight excluding hydrogens is 320 g/mol. The lowest BCUT2D eigenvalue weighted by molar-refractivity contribution is 0.585. The molecule has 0 spiro atoms. The van der Waals surface area contributed by atoms with Gasteiger partial charge in [0.2, 0.25) is 0 Å². The molecular formula is C19H16N2O2S. The molecule has 0 aliphatic heterocycles. The molecule has 0 amide bonds. The number of aromatic nitrogens is 2. The molecule has 0 unspecified atom stereocenters. The van der Waals surface area contributed by atoms with Crippen LogP contribution in [0.15, 0.2) is 65.7 Å². The quantitative estimate of drug-likeness (QED) is 0.676. The van der Waals surface area contributed by atoms with Crippen molar-refractivity contribution >= 4 is 10.0 Å². The summed E-state index contributed by atoms with van der Waals surface area (Å²) in [5, 5.41) is 0. The second-order valence-corrected chi connectivity index (χ2v) is 7.16. The van der Waals surface area contributed by atoms with Crippen molar-refractivity contribution in [1.29, 1.82) is 0 Å². The molecule has 120 valence electrons. The van der Waals surface area contributed by atoms with Gasteiger partial charge in [0.05, 0.1) is 4.90 Å². The number of aryl methyl sites for hydroxylation is 2. The van der Waals surface area contributed by atoms with Gasteiger partial charge in [0.15, 0.2) is 0 Å². The van der Waals surface area contributed by atoms with Crippen LogP contribution in [0.5, 0.6) is 0 Å². The third-order valence-corrected chi connectivity index (χ3v) is 5.52. The van der Waals surface area contributed by atoms with Crippen LogP contribution in [0.4, 0.5) is 0 Å². The Bertz CT molecular complexity index is 1000. The van der Waals surface area contributed by atoms with Gasteiger partial charge in [-0.25, -0.2) is 17.4 Å². The van der Waals surface area contributed by atoms with Crippen LogP contribution in [0.1, 0.15) is 22.6 Å². The molecule has 0 atom stereocenters. The van der Waals surface area contributed by atoms with Crippen molar-refractivity contribution in [2.45, 2.75) is 18.7 Å². The molecule has 2 heterocycles. The average Bonchev–Trinajstić information content (AvgIpc) is 2.93. The maximum Gasteiger partial charge on any atom is 0.268 e. The molecule has 1 aromatic carbocycles. The first-order valence-corrected chi connectivity index (χ1v) is 8.86. The molecule has 3 rings (SSSR count). The fourth-order valence-corrected chi connectivity index (χ4v) is 3.99. The van der Waals surface area contributed by atoms with E-state index in [0.29, 0.717) is 17.1 Å². The second kappa shape index (κ2) is 6.34. The van der Waals surface area contributed by atoms with Gasteiger partial charge in [-0.3, -0.25) is 0 Å². The van der Waals surface area contributed by atoms with Crippen LogP contribution < -0.4 is 0 Å². The summed E-state index contributed by atoms with van der Waals surface area (Å²) in [6.45, 7) is 3.55. The average molecular weight is 336 g/mol. The van der Waals surface area contributed by atoms with Crippen LogP contribution in [0.2, 0.25) is 0 Å². The first-order valence-electron chi connectivity index (χ1n) is 7.42. The standard InChI is InChI=1S/C19H16N2O2S/c1-15-6-7-16(2)21(15)24(22,23)19-12-9-17(10-13-19)8-11-18-5-3-4-14-20-18/h3-7,9-10,12-14H,1-2H3. The normalized spacial score (nSPS) is 10.9. The zero-order chi connectivity index (χ0) is 17.2. The Morgan fingerprint density at radius 1 is 0.875 bits per heavy atom. The topological polar surface area (TPSA) is 52.0 Å². The molecule has 0 fully saturated rings. The minimum absolute atomic E-state index is 0.244. The second-order valence-electron chi connectivity index (χ2n) is 5.37. The van der Waals surface area contributed by atoms with Gasteiger partial charge in [-0.1, -0.05) is 12.0 Å². The summed E-state index contributed by atoms with van der Waals surface area (Å²) in [4.78, 5) is 4.37. The third kappa shape index (κ3) is 3.10. The van der Waals surface area contributed by atoms with Crippen molar-refractivity contribution in [2.75, 3.05) is 0 Å². The highest BCUT2D eigenvalue weighted by atomic mass is 32.2. The fraction of sp³-hybridized carbons (Fsp3) is 0.105. The van der Waals surface area contributed by atoms with Crippen molar-refractivity contribution in [3.05, 3.63) is 83.4 Å². The molecule has 0 N–H and O–H groups in total. The molecule has 0 saturated carbocycles. The Labute approximate surface area is 141 Å². The van der Waals surface area contributed by atoms with Crippen molar-refractivity contribution < 1.29 is 8.42 Å². The van der Waals surface area contributed by atoms with E-state index < -0.39 is 10.0 Å². The van der Waals surface area contributed by atoms with Gasteiger partial charge < -0.3 is 0 Å². The predicted octanol–water partition coefficient (Wildman–Crippen LogP) is 3.14. The van der Waals surface area contributed by atoms with E-state index in [1.54, 1.807) is 56.4 Å². The fourth-order valence-electron chi connectivity index (χ4n) is 2.42. The van der Waals surface area contributed by atoms with E-state index in [-0.39, 0.29) is 4.90 Å². The molecule has 0 saturated heterocycles. The summed E-state index contributed by atoms with van der Waals surface area (Å²) < 4.78 is 26.8. The number of hydrogen-bond donors (Lipinski definition) is 0. The number of pyridine rings is 1. The highest BCUT2D eigenvalue weighted by Gasteiger charge is 2.19. The molecule has 24 heavy (non-hydrogen) atoms. The van der Waals surface area contributed by atoms with E-state index in [1.165, 1.54) is 3.97 Å². The number of benzene rings is 1. The van der Waals surface area contributed by atoms with Gasteiger partial charge in [-0.2, -0.15) is 0 Å². The lowest BCUT2D eigenvalue weighted by atomic mass is 10.2. The SMILES string of the molecule is Cc1ccc(C)n1S(=O)(=O)c1ccc(C#Cc2ccccn2)cc1. The van der Waals surface area contributed by atoms with Gasteiger partial charge in [0.25, 0.3) is 10.0 Å². The van der Waals surface area contributed by atoms with Gasteiger partial charge in [-0.15, -0.1) is 0 Å². The number of hydrogen-bond acceptors (Lipinski definition) is 3. The number of rotatable bonds is 2. The summed E-state index contributed by atoms with van der Waals surface area (Å²) in [5.41, 5.74) is 2.78. The van der Waals surface area contributed by atoms with E-state index in [9.17, 15) is 8.42 Å². The maximum atomic E-state index is 12.7. The highest BCUT2D eigenvalue weighted by Crippen LogP contribution is 2.19. The summed E-state index contributed by atoms with van der Waals surface area (Å²) in [6, 6.07) is 15.7. The van der Waals surface area contributed by atoms with Gasteiger partial charge in [-0.05, 0) is 68.3 Å². The molecule has 0 bridgehead atoms. The molecule has 0 radical (unpaired) electrons. The van der Waals surface area contributed by atoms with Gasteiger partial charge in [0.1, 0.15) is 5.69 Å². The summed E-state index contributed by atoms with van der Waals surface area (Å²) in [6.07, 6.45) is 1.68. The largest absolute Gasteiger partial charge is 0.268 e. The van der Waals surface area contributed by atoms with Crippen LogP contribution in [0, 0.1) is 25.7 Å². The molecule has 2 aromatic heterocycles. The van der Waals surface area contributed by atoms with Gasteiger partial charge >= 0.3 is 0 Å². The number of nitrogens with zero attached hydrogens (tertiary/aromatic N) is 2. The zero-order valence-corrected chi connectivity index (χ0v) is 14.2. The van der Waals surface area contributed by atoms with Crippen LogP contribution in [-0.4, -0.2) is 17.4 Å². The summed E-state index contributed by atoms with van der Waals surface area (Å²) in [7, 11) is -3.58. The smallest absolute Gasteiger partial charge is 0.248 e. The van der Waals surface area contributed by atoms with Crippen LogP contribution in [0.3, 0.4) is 0 Å². The van der Waals surface area contributed by atoms with Gasteiger partial charge in [0, 0.05) is 23.1 Å². The Morgan fingerprint density at radius 3 is 2.12 bits per heavy atom. The Hall–Kier alpha value is -2.84. The third-order valence-electron chi connectivity index (χ3n) is 3.60. The van der Waals surface area contributed by atoms with E-state index in [2.05, 4.69) is 16.8 Å². The van der Waals surface area contributed by atoms with E-state index in [4.69, 9.17) is 0 Å². The van der Waals surface area contributed by atoms with Crippen molar-refractivity contribution in [2.24, 2.45) is 0 Å². The predicted molar refractivity (Wildman–Crippen MR) is 93.1 cm³/mol. The summed E-state index contributed by atoms with van der Waals surface area (Å²) in [5.74, 6) is 5.93. The minimum Gasteiger partial charge on any atom is -0.248 e. The molecule has 5 heteroatoms. The Balaban J connectivity index is 1.92. The minimum atomic E-state index is -3.58. The van der Waals surface area contributed by atoms with E-state index >= 15 is 0 Å². The van der Waals surface area contributed by atoms with Crippen molar-refractivity contribution in [3.8, 4) is 11.8 Å². The zero-order valence-electron chi connectivity index (χ0n) is 13.4. The Morgan fingerprint density at radius 2 is 1.54 bits per heavy atom. The van der Waals surface area contributed by atoms with E-state index in [0.717, 1.165) is 5.56 Å².